The Morgan fingerprint density at radius 3 is 2.14 bits per heavy atom. The van der Waals surface area contributed by atoms with E-state index in [0.717, 1.165) is 4.47 Å². The number of unbranched alkanes of at least 4 members (excludes halogenated alkanes) is 2. The highest BCUT2D eigenvalue weighted by molar-refractivity contribution is 7.89. The summed E-state index contributed by atoms with van der Waals surface area (Å²) in [5.74, 6) is 0.376. The lowest BCUT2D eigenvalue weighted by Gasteiger charge is -2.22. The van der Waals surface area contributed by atoms with Gasteiger partial charge < -0.3 is 19.9 Å². The van der Waals surface area contributed by atoms with Crippen LogP contribution in [0.5, 0.6) is 5.75 Å². The van der Waals surface area contributed by atoms with Crippen LogP contribution in [-0.2, 0) is 14.6 Å². The summed E-state index contributed by atoms with van der Waals surface area (Å²) in [4.78, 5) is 34.2. The summed E-state index contributed by atoms with van der Waals surface area (Å²) in [6.07, 6.45) is 1.36. The van der Waals surface area contributed by atoms with E-state index in [0.29, 0.717) is 25.0 Å². The van der Waals surface area contributed by atoms with Gasteiger partial charge in [-0.3, -0.25) is 4.79 Å². The van der Waals surface area contributed by atoms with E-state index in [2.05, 4.69) is 5.32 Å². The van der Waals surface area contributed by atoms with Crippen LogP contribution in [0.4, 0.5) is 4.79 Å². The summed E-state index contributed by atoms with van der Waals surface area (Å²) < 4.78 is 37.5. The van der Waals surface area contributed by atoms with Crippen LogP contribution in [0.25, 0.3) is 0 Å². The first-order chi connectivity index (χ1) is 13.7. The third kappa shape index (κ3) is 7.26. The summed E-state index contributed by atoms with van der Waals surface area (Å²) in [6.45, 7) is 0.146. The molecule has 158 valence electrons. The van der Waals surface area contributed by atoms with E-state index in [1.807, 2.05) is 0 Å². The summed E-state index contributed by atoms with van der Waals surface area (Å²) in [7, 11) is -8.67. The minimum absolute atomic E-state index is 0.0680. The van der Waals surface area contributed by atoms with Gasteiger partial charge in [-0.15, -0.1) is 0 Å². The zero-order chi connectivity index (χ0) is 21.3. The molecule has 0 fully saturated rings. The predicted molar refractivity (Wildman–Crippen MR) is 107 cm³/mol. The molecule has 2 aromatic carbocycles. The molecule has 0 aliphatic heterocycles. The molecule has 2 rings (SSSR count). The normalized spacial score (nSPS) is 12.0. The van der Waals surface area contributed by atoms with Crippen LogP contribution in [-0.4, -0.2) is 41.4 Å². The molecule has 0 unspecified atom stereocenters. The molecule has 0 saturated carbocycles. The number of benzene rings is 2. The number of para-hydroxylation sites is 1. The van der Waals surface area contributed by atoms with Crippen molar-refractivity contribution in [3.63, 3.8) is 0 Å². The lowest BCUT2D eigenvalue weighted by molar-refractivity contribution is 0.0344. The average molecular weight is 442 g/mol. The number of amides is 1. The molecule has 3 N–H and O–H groups in total. The first kappa shape index (κ1) is 23.1. The van der Waals surface area contributed by atoms with Gasteiger partial charge in [-0.25, -0.2) is 13.0 Å². The van der Waals surface area contributed by atoms with E-state index < -0.39 is 23.3 Å². The number of carbonyl (C=O) groups is 1. The van der Waals surface area contributed by atoms with E-state index >= 15 is 0 Å². The van der Waals surface area contributed by atoms with Gasteiger partial charge in [0, 0.05) is 6.54 Å². The molecule has 29 heavy (non-hydrogen) atoms. The van der Waals surface area contributed by atoms with Crippen molar-refractivity contribution in [2.24, 2.45) is 0 Å². The van der Waals surface area contributed by atoms with Gasteiger partial charge in [0.2, 0.25) is 0 Å². The molecule has 0 saturated heterocycles. The molecule has 0 aromatic heterocycles. The first-order valence-corrected chi connectivity index (χ1v) is 11.9. The van der Waals surface area contributed by atoms with E-state index in [1.165, 1.54) is 12.1 Å². The fourth-order valence-corrected chi connectivity index (χ4v) is 3.97. The Kier molecular flexibility index (Phi) is 8.36. The molecule has 0 bridgehead atoms. The summed E-state index contributed by atoms with van der Waals surface area (Å²) in [5.41, 5.74) is -1.32. The number of carbonyl (C=O) groups excluding carboxylic acids is 1. The van der Waals surface area contributed by atoms with Crippen molar-refractivity contribution in [2.45, 2.75) is 24.2 Å². The number of hydrogen-bond acceptors (Lipinski definition) is 5. The van der Waals surface area contributed by atoms with Crippen LogP contribution in [0.3, 0.4) is 0 Å². The SMILES string of the molecule is O=C(NCCCCCN(Oc1ccccc1)S(=O)(=O)c1ccccc1)P(=O)(O)O. The zero-order valence-electron chi connectivity index (χ0n) is 15.5. The van der Waals surface area contributed by atoms with Crippen LogP contribution in [0.1, 0.15) is 19.3 Å². The van der Waals surface area contributed by atoms with Crippen molar-refractivity contribution in [1.29, 1.82) is 0 Å². The molecular weight excluding hydrogens is 419 g/mol. The van der Waals surface area contributed by atoms with Crippen LogP contribution in [0.15, 0.2) is 65.6 Å². The number of nitrogens with zero attached hydrogens (tertiary/aromatic N) is 1. The number of sulfonamides is 1. The zero-order valence-corrected chi connectivity index (χ0v) is 17.3. The van der Waals surface area contributed by atoms with Gasteiger partial charge in [-0.05, 0) is 41.6 Å². The highest BCUT2D eigenvalue weighted by Gasteiger charge is 2.27. The molecular formula is C18H23N2O7PS. The maximum atomic E-state index is 12.9. The third-order valence-electron chi connectivity index (χ3n) is 3.82. The minimum Gasteiger partial charge on any atom is -0.391 e. The molecule has 0 aliphatic carbocycles. The average Bonchev–Trinajstić information content (AvgIpc) is 2.70. The monoisotopic (exact) mass is 442 g/mol. The molecule has 2 aromatic rings. The first-order valence-electron chi connectivity index (χ1n) is 8.86. The summed E-state index contributed by atoms with van der Waals surface area (Å²) in [5, 5.41) is 2.14. The molecule has 0 atom stereocenters. The Morgan fingerprint density at radius 2 is 1.55 bits per heavy atom. The predicted octanol–water partition coefficient (Wildman–Crippen LogP) is 2.73. The van der Waals surface area contributed by atoms with Gasteiger partial charge in [0.25, 0.3) is 10.0 Å². The van der Waals surface area contributed by atoms with Crippen molar-refractivity contribution >= 4 is 23.3 Å². The molecule has 9 nitrogen and oxygen atoms in total. The van der Waals surface area contributed by atoms with Gasteiger partial charge in [0.1, 0.15) is 5.75 Å². The van der Waals surface area contributed by atoms with Gasteiger partial charge in [0.05, 0.1) is 11.4 Å². The maximum absolute atomic E-state index is 12.9. The smallest absolute Gasteiger partial charge is 0.391 e. The molecule has 0 heterocycles. The number of rotatable bonds is 11. The second kappa shape index (κ2) is 10.5. The van der Waals surface area contributed by atoms with Crippen LogP contribution >= 0.6 is 7.60 Å². The van der Waals surface area contributed by atoms with Crippen LogP contribution < -0.4 is 10.2 Å². The second-order valence-electron chi connectivity index (χ2n) is 6.09. The van der Waals surface area contributed by atoms with Crippen molar-refractivity contribution in [3.05, 3.63) is 60.7 Å². The minimum atomic E-state index is -4.78. The highest BCUT2D eigenvalue weighted by Crippen LogP contribution is 2.34. The van der Waals surface area contributed by atoms with Crippen molar-refractivity contribution in [3.8, 4) is 5.75 Å². The highest BCUT2D eigenvalue weighted by atomic mass is 32.2. The van der Waals surface area contributed by atoms with Crippen LogP contribution in [0.2, 0.25) is 0 Å². The van der Waals surface area contributed by atoms with Crippen LogP contribution in [0, 0.1) is 0 Å². The Balaban J connectivity index is 1.96. The van der Waals surface area contributed by atoms with Crippen molar-refractivity contribution in [1.82, 2.24) is 9.79 Å². The van der Waals surface area contributed by atoms with E-state index in [-0.39, 0.29) is 18.0 Å². The second-order valence-corrected chi connectivity index (χ2v) is 9.41. The van der Waals surface area contributed by atoms with E-state index in [9.17, 15) is 17.8 Å². The Labute approximate surface area is 169 Å². The molecule has 0 radical (unpaired) electrons. The van der Waals surface area contributed by atoms with E-state index in [1.54, 1.807) is 48.5 Å². The van der Waals surface area contributed by atoms with Crippen molar-refractivity contribution < 1.29 is 32.4 Å². The number of nitrogens with one attached hydrogen (secondary N) is 1. The lowest BCUT2D eigenvalue weighted by Crippen LogP contribution is -2.35. The molecule has 0 spiro atoms. The number of hydrogen-bond donors (Lipinski definition) is 3. The van der Waals surface area contributed by atoms with Crippen molar-refractivity contribution in [2.75, 3.05) is 13.1 Å². The largest absolute Gasteiger partial charge is 0.413 e. The summed E-state index contributed by atoms with van der Waals surface area (Å²) in [6, 6.07) is 16.5. The Bertz CT molecular complexity index is 933. The summed E-state index contributed by atoms with van der Waals surface area (Å²) >= 11 is 0. The Hall–Kier alpha value is -2.23. The molecule has 0 aliphatic rings. The fraction of sp³-hybridized carbons (Fsp3) is 0.278. The fourth-order valence-electron chi connectivity index (χ4n) is 2.36. The Morgan fingerprint density at radius 1 is 0.966 bits per heavy atom. The third-order valence-corrected chi connectivity index (χ3v) is 6.17. The van der Waals surface area contributed by atoms with Gasteiger partial charge >= 0.3 is 13.2 Å². The molecule has 1 amide bonds. The quantitative estimate of drug-likeness (QED) is 0.277. The maximum Gasteiger partial charge on any atom is 0.413 e. The standard InChI is InChI=1S/C18H23N2O7PS/c21-18(28(22,23)24)19-14-8-3-9-15-20(27-16-10-4-1-5-11-16)29(25,26)17-12-6-2-7-13-17/h1-2,4-7,10-13H,3,8-9,14-15H2,(H,19,21)(H2,22,23,24). The van der Waals surface area contributed by atoms with Gasteiger partial charge in [-0.2, -0.15) is 0 Å². The van der Waals surface area contributed by atoms with Gasteiger partial charge in [0.15, 0.2) is 0 Å². The molecule has 11 heteroatoms. The van der Waals surface area contributed by atoms with E-state index in [4.69, 9.17) is 14.6 Å². The number of hydroxylamine groups is 1. The lowest BCUT2D eigenvalue weighted by atomic mass is 10.2. The topological polar surface area (TPSA) is 133 Å². The van der Waals surface area contributed by atoms with Gasteiger partial charge in [-0.1, -0.05) is 42.8 Å².